The molecule has 1 saturated heterocycles. The van der Waals surface area contributed by atoms with Gasteiger partial charge >= 0.3 is 7.60 Å². The Morgan fingerprint density at radius 2 is 1.61 bits per heavy atom. The van der Waals surface area contributed by atoms with E-state index in [9.17, 15) is 4.57 Å². The second-order valence-corrected chi connectivity index (χ2v) is 10.1. The van der Waals surface area contributed by atoms with E-state index in [1.165, 1.54) is 5.56 Å². The van der Waals surface area contributed by atoms with Crippen molar-refractivity contribution in [3.8, 4) is 11.3 Å². The number of hydrogen-bond donors (Lipinski definition) is 0. The minimum absolute atomic E-state index is 0.167. The van der Waals surface area contributed by atoms with Gasteiger partial charge in [0.15, 0.2) is 0 Å². The summed E-state index contributed by atoms with van der Waals surface area (Å²) < 4.78 is 31.1. The summed E-state index contributed by atoms with van der Waals surface area (Å²) in [6, 6.07) is 20.1. The van der Waals surface area contributed by atoms with Gasteiger partial charge < -0.3 is 13.5 Å². The van der Waals surface area contributed by atoms with Crippen molar-refractivity contribution < 1.29 is 18.0 Å². The Kier molecular flexibility index (Phi) is 5.05. The molecule has 0 amide bonds. The molecule has 0 spiro atoms. The zero-order chi connectivity index (χ0) is 19.8. The molecule has 2 heterocycles. The van der Waals surface area contributed by atoms with Crippen molar-refractivity contribution in [2.45, 2.75) is 27.2 Å². The van der Waals surface area contributed by atoms with Crippen molar-refractivity contribution in [1.82, 2.24) is 0 Å². The highest BCUT2D eigenvalue weighted by atomic mass is 31.2. The van der Waals surface area contributed by atoms with Gasteiger partial charge in [-0.15, -0.1) is 0 Å². The molecule has 4 nitrogen and oxygen atoms in total. The van der Waals surface area contributed by atoms with Crippen LogP contribution < -0.4 is 5.50 Å². The van der Waals surface area contributed by atoms with Crippen LogP contribution in [0.3, 0.4) is 0 Å². The van der Waals surface area contributed by atoms with Crippen LogP contribution in [0.2, 0.25) is 0 Å². The summed E-state index contributed by atoms with van der Waals surface area (Å²) in [6.07, 6.45) is 0.603. The molecular weight excluding hydrogens is 371 g/mol. The first-order valence-corrected chi connectivity index (χ1v) is 11.0. The van der Waals surface area contributed by atoms with Gasteiger partial charge in [0.2, 0.25) is 5.50 Å². The summed E-state index contributed by atoms with van der Waals surface area (Å²) in [7, 11) is -3.50. The van der Waals surface area contributed by atoms with Gasteiger partial charge in [-0.2, -0.15) is 0 Å². The largest absolute Gasteiger partial charge is 0.448 e. The van der Waals surface area contributed by atoms with Crippen LogP contribution >= 0.6 is 7.60 Å². The highest BCUT2D eigenvalue weighted by molar-refractivity contribution is 7.61. The molecule has 1 aliphatic rings. The molecule has 146 valence electrons. The van der Waals surface area contributed by atoms with Gasteiger partial charge in [0, 0.05) is 23.0 Å². The van der Waals surface area contributed by atoms with Crippen LogP contribution in [0.4, 0.5) is 0 Å². The molecule has 5 heteroatoms. The van der Waals surface area contributed by atoms with Crippen LogP contribution in [0.15, 0.2) is 65.1 Å². The number of benzene rings is 2. The third-order valence-corrected chi connectivity index (χ3v) is 6.67. The van der Waals surface area contributed by atoms with Crippen molar-refractivity contribution in [2.24, 2.45) is 5.41 Å². The Hall–Kier alpha value is -2.13. The van der Waals surface area contributed by atoms with Crippen LogP contribution in [-0.4, -0.2) is 13.2 Å². The third-order valence-electron chi connectivity index (χ3n) is 4.86. The molecule has 0 unspecified atom stereocenters. The highest BCUT2D eigenvalue weighted by Crippen LogP contribution is 2.54. The van der Waals surface area contributed by atoms with Gasteiger partial charge in [0.25, 0.3) is 0 Å². The molecule has 0 bridgehead atoms. The Morgan fingerprint density at radius 3 is 2.25 bits per heavy atom. The molecule has 0 saturated carbocycles. The minimum Gasteiger partial charge on any atom is -0.448 e. The van der Waals surface area contributed by atoms with E-state index in [4.69, 9.17) is 13.5 Å². The predicted molar refractivity (Wildman–Crippen MR) is 111 cm³/mol. The SMILES string of the molecule is Cc1ccc(-c2cc(Cc3ccccc3)c(P3(=O)OCC(C)(C)CO3)o2)cc1. The molecule has 3 aromatic rings. The monoisotopic (exact) mass is 396 g/mol. The Labute approximate surface area is 166 Å². The zero-order valence-electron chi connectivity index (χ0n) is 16.5. The van der Waals surface area contributed by atoms with E-state index < -0.39 is 7.60 Å². The summed E-state index contributed by atoms with van der Waals surface area (Å²) in [5, 5.41) is 0. The standard InChI is InChI=1S/C23H25O4P/c1-17-9-11-19(12-10-17)21-14-20(13-18-7-5-4-6-8-18)22(27-21)28(24)25-15-23(2,3)16-26-28/h4-12,14H,13,15-16H2,1-3H3. The maximum Gasteiger partial charge on any atom is 0.396 e. The molecule has 1 aliphatic heterocycles. The molecule has 2 aromatic carbocycles. The van der Waals surface area contributed by atoms with Crippen molar-refractivity contribution in [3.63, 3.8) is 0 Å². The Bertz CT molecular complexity index is 989. The maximum atomic E-state index is 13.5. The summed E-state index contributed by atoms with van der Waals surface area (Å²) in [4.78, 5) is 0. The second kappa shape index (κ2) is 7.36. The molecule has 28 heavy (non-hydrogen) atoms. The average molecular weight is 396 g/mol. The number of furan rings is 1. The highest BCUT2D eigenvalue weighted by Gasteiger charge is 2.42. The second-order valence-electron chi connectivity index (χ2n) is 8.18. The van der Waals surface area contributed by atoms with Crippen molar-refractivity contribution in [2.75, 3.05) is 13.2 Å². The summed E-state index contributed by atoms with van der Waals surface area (Å²) in [6.45, 7) is 6.84. The molecule has 1 aromatic heterocycles. The number of hydrogen-bond acceptors (Lipinski definition) is 4. The lowest BCUT2D eigenvalue weighted by molar-refractivity contribution is 0.0448. The van der Waals surface area contributed by atoms with Crippen LogP contribution in [-0.2, 0) is 20.0 Å². The van der Waals surface area contributed by atoms with E-state index in [1.807, 2.05) is 81.4 Å². The summed E-state index contributed by atoms with van der Waals surface area (Å²) in [5.74, 6) is 0.674. The lowest BCUT2D eigenvalue weighted by Crippen LogP contribution is -2.32. The number of aryl methyl sites for hydroxylation is 1. The maximum absolute atomic E-state index is 13.5. The van der Waals surface area contributed by atoms with Gasteiger partial charge in [-0.25, -0.2) is 0 Å². The molecular formula is C23H25O4P. The van der Waals surface area contributed by atoms with E-state index in [0.29, 0.717) is 30.9 Å². The van der Waals surface area contributed by atoms with Gasteiger partial charge in [0.1, 0.15) is 5.76 Å². The summed E-state index contributed by atoms with van der Waals surface area (Å²) in [5.41, 5.74) is 4.22. The lowest BCUT2D eigenvalue weighted by Gasteiger charge is -2.33. The Balaban J connectivity index is 1.74. The van der Waals surface area contributed by atoms with Gasteiger partial charge in [-0.05, 0) is 18.6 Å². The molecule has 0 N–H and O–H groups in total. The average Bonchev–Trinajstić information content (AvgIpc) is 3.10. The van der Waals surface area contributed by atoms with Crippen molar-refractivity contribution in [1.29, 1.82) is 0 Å². The van der Waals surface area contributed by atoms with E-state index in [2.05, 4.69) is 0 Å². The van der Waals surface area contributed by atoms with Crippen LogP contribution in [0.5, 0.6) is 0 Å². The van der Waals surface area contributed by atoms with Crippen molar-refractivity contribution >= 4 is 13.1 Å². The lowest BCUT2D eigenvalue weighted by atomic mass is 9.97. The molecule has 1 fully saturated rings. The molecule has 4 rings (SSSR count). The minimum atomic E-state index is -3.50. The molecule has 0 atom stereocenters. The van der Waals surface area contributed by atoms with Crippen molar-refractivity contribution in [3.05, 3.63) is 77.4 Å². The third kappa shape index (κ3) is 4.00. The van der Waals surface area contributed by atoms with Gasteiger partial charge in [-0.1, -0.05) is 74.0 Å². The van der Waals surface area contributed by atoms with Crippen LogP contribution in [0, 0.1) is 12.3 Å². The predicted octanol–water partition coefficient (Wildman–Crippen LogP) is 5.74. The van der Waals surface area contributed by atoms with E-state index in [0.717, 1.165) is 16.7 Å². The first kappa shape index (κ1) is 19.2. The Morgan fingerprint density at radius 1 is 0.964 bits per heavy atom. The van der Waals surface area contributed by atoms with Gasteiger partial charge in [-0.3, -0.25) is 4.57 Å². The number of rotatable bonds is 4. The van der Waals surface area contributed by atoms with E-state index in [1.54, 1.807) is 0 Å². The fraction of sp³-hybridized carbons (Fsp3) is 0.304. The first-order valence-electron chi connectivity index (χ1n) is 9.48. The van der Waals surface area contributed by atoms with E-state index >= 15 is 0 Å². The van der Waals surface area contributed by atoms with E-state index in [-0.39, 0.29) is 5.41 Å². The zero-order valence-corrected chi connectivity index (χ0v) is 17.4. The fourth-order valence-electron chi connectivity index (χ4n) is 3.17. The van der Waals surface area contributed by atoms with Crippen LogP contribution in [0.1, 0.15) is 30.5 Å². The smallest absolute Gasteiger partial charge is 0.396 e. The van der Waals surface area contributed by atoms with Gasteiger partial charge in [0.05, 0.1) is 13.2 Å². The normalized spacial score (nSPS) is 18.1. The molecule has 0 aliphatic carbocycles. The quantitative estimate of drug-likeness (QED) is 0.528. The topological polar surface area (TPSA) is 48.7 Å². The fourth-order valence-corrected chi connectivity index (χ4v) is 5.22. The first-order chi connectivity index (χ1) is 13.3. The molecule has 0 radical (unpaired) electrons. The van der Waals surface area contributed by atoms with Crippen LogP contribution in [0.25, 0.3) is 11.3 Å². The summed E-state index contributed by atoms with van der Waals surface area (Å²) >= 11 is 0.